The predicted octanol–water partition coefficient (Wildman–Crippen LogP) is 3.35. The lowest BCUT2D eigenvalue weighted by Gasteiger charge is -2.27. The number of unbranched alkanes of at least 4 members (excludes halogenated alkanes) is 3. The maximum atomic E-state index is 3.57. The van der Waals surface area contributed by atoms with E-state index in [4.69, 9.17) is 0 Å². The van der Waals surface area contributed by atoms with Crippen LogP contribution in [0, 0.1) is 0 Å². The highest BCUT2D eigenvalue weighted by molar-refractivity contribution is 4.80. The van der Waals surface area contributed by atoms with Crippen molar-refractivity contribution in [2.75, 3.05) is 39.8 Å². The molecule has 0 spiro atoms. The second kappa shape index (κ2) is 9.81. The monoisotopic (exact) mass is 297 g/mol. The summed E-state index contributed by atoms with van der Waals surface area (Å²) in [5.41, 5.74) is 0.270. The second-order valence-electron chi connectivity index (χ2n) is 7.78. The second-order valence-corrected chi connectivity index (χ2v) is 7.78. The van der Waals surface area contributed by atoms with Crippen LogP contribution in [0.5, 0.6) is 0 Å². The Labute approximate surface area is 133 Å². The van der Waals surface area contributed by atoms with Crippen LogP contribution in [0.25, 0.3) is 0 Å². The van der Waals surface area contributed by atoms with E-state index in [1.54, 1.807) is 0 Å². The van der Waals surface area contributed by atoms with Gasteiger partial charge in [-0.1, -0.05) is 19.8 Å². The first-order valence-electron chi connectivity index (χ1n) is 9.10. The summed E-state index contributed by atoms with van der Waals surface area (Å²) in [7, 11) is 2.30. The summed E-state index contributed by atoms with van der Waals surface area (Å²) in [5.74, 6) is 0. The van der Waals surface area contributed by atoms with Crippen LogP contribution in [-0.2, 0) is 0 Å². The van der Waals surface area contributed by atoms with Crippen LogP contribution in [0.3, 0.4) is 0 Å². The van der Waals surface area contributed by atoms with E-state index in [9.17, 15) is 0 Å². The molecule has 0 radical (unpaired) electrons. The van der Waals surface area contributed by atoms with Crippen LogP contribution < -0.4 is 5.32 Å². The van der Waals surface area contributed by atoms with Crippen LogP contribution in [0.2, 0.25) is 0 Å². The Hall–Kier alpha value is -0.120. The van der Waals surface area contributed by atoms with Gasteiger partial charge in [0.1, 0.15) is 0 Å². The van der Waals surface area contributed by atoms with Crippen LogP contribution in [0.15, 0.2) is 0 Å². The van der Waals surface area contributed by atoms with Gasteiger partial charge in [0.05, 0.1) is 0 Å². The van der Waals surface area contributed by atoms with Crippen LogP contribution in [0.1, 0.15) is 66.2 Å². The highest BCUT2D eigenvalue weighted by Crippen LogP contribution is 2.17. The topological polar surface area (TPSA) is 18.5 Å². The molecule has 21 heavy (non-hydrogen) atoms. The largest absolute Gasteiger partial charge is 0.312 e. The number of nitrogens with zero attached hydrogens (tertiary/aromatic N) is 2. The quantitative estimate of drug-likeness (QED) is 0.624. The van der Waals surface area contributed by atoms with Crippen LogP contribution in [-0.4, -0.2) is 61.2 Å². The lowest BCUT2D eigenvalue weighted by molar-refractivity contribution is 0.197. The molecule has 3 nitrogen and oxygen atoms in total. The molecule has 0 bridgehead atoms. The van der Waals surface area contributed by atoms with Gasteiger partial charge in [0.2, 0.25) is 0 Å². The van der Waals surface area contributed by atoms with E-state index in [2.05, 4.69) is 49.9 Å². The Balaban J connectivity index is 1.97. The third-order valence-electron chi connectivity index (χ3n) is 4.55. The lowest BCUT2D eigenvalue weighted by atomic mass is 10.1. The number of likely N-dealkylation sites (tertiary alicyclic amines) is 1. The molecule has 1 heterocycles. The Morgan fingerprint density at radius 2 is 1.86 bits per heavy atom. The standard InChI is InChI=1S/C18H39N3/c1-6-21-15-11-12-17(21)16-20(5)14-10-8-7-9-13-19-18(2,3)4/h17,19H,6-16H2,1-5H3. The highest BCUT2D eigenvalue weighted by atomic mass is 15.2. The van der Waals surface area contributed by atoms with Crippen molar-refractivity contribution < 1.29 is 0 Å². The van der Waals surface area contributed by atoms with Crippen molar-refractivity contribution >= 4 is 0 Å². The van der Waals surface area contributed by atoms with Crippen molar-refractivity contribution in [2.24, 2.45) is 0 Å². The molecule has 0 aromatic heterocycles. The zero-order valence-electron chi connectivity index (χ0n) is 15.2. The number of hydrogen-bond donors (Lipinski definition) is 1. The first kappa shape index (κ1) is 18.9. The molecule has 1 fully saturated rings. The number of likely N-dealkylation sites (N-methyl/N-ethyl adjacent to an activating group) is 2. The normalized spacial score (nSPS) is 20.6. The van der Waals surface area contributed by atoms with E-state index < -0.39 is 0 Å². The van der Waals surface area contributed by atoms with E-state index in [0.717, 1.165) is 12.6 Å². The molecule has 1 aliphatic rings. The van der Waals surface area contributed by atoms with E-state index in [-0.39, 0.29) is 5.54 Å². The van der Waals surface area contributed by atoms with Gasteiger partial charge in [-0.25, -0.2) is 0 Å². The molecule has 1 aliphatic heterocycles. The van der Waals surface area contributed by atoms with Crippen molar-refractivity contribution in [3.05, 3.63) is 0 Å². The summed E-state index contributed by atoms with van der Waals surface area (Å²) in [6.45, 7) is 15.2. The first-order chi connectivity index (χ1) is 9.92. The van der Waals surface area contributed by atoms with Crippen molar-refractivity contribution in [2.45, 2.75) is 77.8 Å². The van der Waals surface area contributed by atoms with Gasteiger partial charge < -0.3 is 10.2 Å². The molecule has 1 unspecified atom stereocenters. The van der Waals surface area contributed by atoms with Gasteiger partial charge in [-0.3, -0.25) is 4.90 Å². The summed E-state index contributed by atoms with van der Waals surface area (Å²) >= 11 is 0. The highest BCUT2D eigenvalue weighted by Gasteiger charge is 2.23. The van der Waals surface area contributed by atoms with Gasteiger partial charge in [0, 0.05) is 18.1 Å². The van der Waals surface area contributed by atoms with Crippen molar-refractivity contribution in [1.82, 2.24) is 15.1 Å². The third kappa shape index (κ3) is 8.80. The lowest BCUT2D eigenvalue weighted by Crippen LogP contribution is -2.39. The average molecular weight is 298 g/mol. The van der Waals surface area contributed by atoms with Crippen molar-refractivity contribution in [1.29, 1.82) is 0 Å². The molecular formula is C18H39N3. The predicted molar refractivity (Wildman–Crippen MR) is 94.0 cm³/mol. The Morgan fingerprint density at radius 1 is 1.14 bits per heavy atom. The smallest absolute Gasteiger partial charge is 0.0223 e. The molecule has 1 rings (SSSR count). The summed E-state index contributed by atoms with van der Waals surface area (Å²) in [6.07, 6.45) is 8.20. The number of nitrogens with one attached hydrogen (secondary N) is 1. The molecule has 0 aliphatic carbocycles. The Bertz CT molecular complexity index is 260. The van der Waals surface area contributed by atoms with Gasteiger partial charge >= 0.3 is 0 Å². The minimum absolute atomic E-state index is 0.270. The van der Waals surface area contributed by atoms with Crippen LogP contribution in [0.4, 0.5) is 0 Å². The van der Waals surface area contributed by atoms with E-state index in [1.165, 1.54) is 64.7 Å². The fraction of sp³-hybridized carbons (Fsp3) is 1.00. The van der Waals surface area contributed by atoms with Gasteiger partial charge in [-0.05, 0) is 79.7 Å². The third-order valence-corrected chi connectivity index (χ3v) is 4.55. The molecule has 1 atom stereocenters. The molecule has 3 heteroatoms. The molecule has 1 saturated heterocycles. The molecule has 0 aromatic rings. The molecule has 0 saturated carbocycles. The van der Waals surface area contributed by atoms with Crippen LogP contribution >= 0.6 is 0 Å². The summed E-state index contributed by atoms with van der Waals surface area (Å²) in [5, 5.41) is 3.57. The Kier molecular flexibility index (Phi) is 8.84. The van der Waals surface area contributed by atoms with E-state index in [1.807, 2.05) is 0 Å². The molecular weight excluding hydrogens is 258 g/mol. The van der Waals surface area contributed by atoms with E-state index in [0.29, 0.717) is 0 Å². The maximum Gasteiger partial charge on any atom is 0.0223 e. The number of rotatable bonds is 10. The fourth-order valence-electron chi connectivity index (χ4n) is 3.29. The first-order valence-corrected chi connectivity index (χ1v) is 9.10. The minimum atomic E-state index is 0.270. The van der Waals surface area contributed by atoms with Gasteiger partial charge in [0.25, 0.3) is 0 Å². The fourth-order valence-corrected chi connectivity index (χ4v) is 3.29. The van der Waals surface area contributed by atoms with Gasteiger partial charge in [0.15, 0.2) is 0 Å². The van der Waals surface area contributed by atoms with Gasteiger partial charge in [-0.15, -0.1) is 0 Å². The zero-order chi connectivity index (χ0) is 15.7. The maximum absolute atomic E-state index is 3.57. The minimum Gasteiger partial charge on any atom is -0.312 e. The van der Waals surface area contributed by atoms with E-state index >= 15 is 0 Å². The zero-order valence-corrected chi connectivity index (χ0v) is 15.2. The Morgan fingerprint density at radius 3 is 2.52 bits per heavy atom. The van der Waals surface area contributed by atoms with Crippen molar-refractivity contribution in [3.63, 3.8) is 0 Å². The summed E-state index contributed by atoms with van der Waals surface area (Å²) in [4.78, 5) is 5.20. The SMILES string of the molecule is CCN1CCCC1CN(C)CCCCCCNC(C)(C)C. The molecule has 1 N–H and O–H groups in total. The average Bonchev–Trinajstić information content (AvgIpc) is 2.83. The molecule has 0 aromatic carbocycles. The molecule has 0 amide bonds. The number of hydrogen-bond acceptors (Lipinski definition) is 3. The van der Waals surface area contributed by atoms with Crippen molar-refractivity contribution in [3.8, 4) is 0 Å². The summed E-state index contributed by atoms with van der Waals surface area (Å²) in [6, 6.07) is 0.816. The van der Waals surface area contributed by atoms with Gasteiger partial charge in [-0.2, -0.15) is 0 Å². The summed E-state index contributed by atoms with van der Waals surface area (Å²) < 4.78 is 0. The molecule has 126 valence electrons.